The van der Waals surface area contributed by atoms with Gasteiger partial charge in [-0.05, 0) is 62.2 Å². The maximum absolute atomic E-state index is 12.6. The minimum absolute atomic E-state index is 0.282. The van der Waals surface area contributed by atoms with Gasteiger partial charge in [-0.3, -0.25) is 4.90 Å². The van der Waals surface area contributed by atoms with Gasteiger partial charge in [-0.2, -0.15) is 0 Å². The number of ether oxygens (including phenoxy) is 2. The molecule has 1 aliphatic rings. The molecule has 0 saturated carbocycles. The van der Waals surface area contributed by atoms with Crippen molar-refractivity contribution in [2.24, 2.45) is 0 Å². The molecular formula is C24H35N3O4S. The van der Waals surface area contributed by atoms with Gasteiger partial charge in [-0.1, -0.05) is 19.1 Å². The number of nitrogens with zero attached hydrogens (tertiary/aromatic N) is 2. The van der Waals surface area contributed by atoms with E-state index >= 15 is 0 Å². The van der Waals surface area contributed by atoms with Crippen LogP contribution in [0.2, 0.25) is 0 Å². The van der Waals surface area contributed by atoms with Gasteiger partial charge >= 0.3 is 0 Å². The molecule has 1 N–H and O–H groups in total. The fourth-order valence-corrected chi connectivity index (χ4v) is 5.02. The molecule has 1 heterocycles. The molecule has 176 valence electrons. The summed E-state index contributed by atoms with van der Waals surface area (Å²) in [5, 5.41) is 0. The Morgan fingerprint density at radius 1 is 1.03 bits per heavy atom. The molecule has 1 saturated heterocycles. The van der Waals surface area contributed by atoms with Crippen LogP contribution >= 0.6 is 0 Å². The number of aryl methyl sites for hydroxylation is 1. The Morgan fingerprint density at radius 2 is 1.78 bits per heavy atom. The highest BCUT2D eigenvalue weighted by Crippen LogP contribution is 2.28. The van der Waals surface area contributed by atoms with E-state index in [9.17, 15) is 8.42 Å². The summed E-state index contributed by atoms with van der Waals surface area (Å²) in [5.41, 5.74) is 1.96. The zero-order valence-electron chi connectivity index (χ0n) is 19.3. The predicted molar refractivity (Wildman–Crippen MR) is 128 cm³/mol. The third-order valence-electron chi connectivity index (χ3n) is 5.66. The molecule has 0 aliphatic carbocycles. The lowest BCUT2D eigenvalue weighted by molar-refractivity contribution is 0.254. The highest BCUT2D eigenvalue weighted by atomic mass is 32.2. The Hall–Kier alpha value is -2.29. The van der Waals surface area contributed by atoms with Crippen molar-refractivity contribution in [3.05, 3.63) is 48.0 Å². The molecule has 0 radical (unpaired) electrons. The van der Waals surface area contributed by atoms with Gasteiger partial charge in [-0.25, -0.2) is 13.1 Å². The van der Waals surface area contributed by atoms with E-state index in [4.69, 9.17) is 9.47 Å². The van der Waals surface area contributed by atoms with Crippen LogP contribution in [-0.2, 0) is 10.0 Å². The van der Waals surface area contributed by atoms with Crippen LogP contribution in [0.1, 0.15) is 25.3 Å². The lowest BCUT2D eigenvalue weighted by Gasteiger charge is -2.36. The van der Waals surface area contributed by atoms with Crippen molar-refractivity contribution in [3.63, 3.8) is 0 Å². The quantitative estimate of drug-likeness (QED) is 0.518. The number of rotatable bonds is 11. The van der Waals surface area contributed by atoms with Gasteiger partial charge in [0, 0.05) is 32.7 Å². The van der Waals surface area contributed by atoms with Crippen molar-refractivity contribution in [1.82, 2.24) is 9.62 Å². The van der Waals surface area contributed by atoms with Crippen molar-refractivity contribution in [2.45, 2.75) is 31.6 Å². The van der Waals surface area contributed by atoms with E-state index in [2.05, 4.69) is 20.6 Å². The van der Waals surface area contributed by atoms with Gasteiger partial charge in [0.2, 0.25) is 10.0 Å². The van der Waals surface area contributed by atoms with E-state index < -0.39 is 10.0 Å². The van der Waals surface area contributed by atoms with Gasteiger partial charge in [-0.15, -0.1) is 0 Å². The van der Waals surface area contributed by atoms with E-state index in [0.29, 0.717) is 13.2 Å². The molecule has 1 fully saturated rings. The summed E-state index contributed by atoms with van der Waals surface area (Å²) in [7, 11) is -1.82. The van der Waals surface area contributed by atoms with E-state index in [-0.39, 0.29) is 4.90 Å². The van der Waals surface area contributed by atoms with Crippen molar-refractivity contribution in [2.75, 3.05) is 57.9 Å². The third kappa shape index (κ3) is 6.37. The number of piperazine rings is 1. The Kier molecular flexibility index (Phi) is 8.78. The lowest BCUT2D eigenvalue weighted by atomic mass is 10.2. The van der Waals surface area contributed by atoms with Gasteiger partial charge in [0.25, 0.3) is 0 Å². The lowest BCUT2D eigenvalue weighted by Crippen LogP contribution is -2.47. The SMILES string of the molecule is CCCOc1ccc(S(=O)(=O)NCCCN2CCN(c3ccccc3OC)CC2)cc1C. The molecule has 8 heteroatoms. The van der Waals surface area contributed by atoms with Gasteiger partial charge in [0.05, 0.1) is 24.3 Å². The van der Waals surface area contributed by atoms with E-state index in [0.717, 1.165) is 68.3 Å². The van der Waals surface area contributed by atoms with Crippen LogP contribution < -0.4 is 19.1 Å². The minimum Gasteiger partial charge on any atom is -0.495 e. The standard InChI is InChI=1S/C24H35N3O4S/c1-4-18-31-23-11-10-21(19-20(23)2)32(28,29)25-12-7-13-26-14-16-27(17-15-26)22-8-5-6-9-24(22)30-3/h5-6,8-11,19,25H,4,7,12-18H2,1-3H3. The first-order valence-electron chi connectivity index (χ1n) is 11.3. The molecule has 7 nitrogen and oxygen atoms in total. The minimum atomic E-state index is -3.52. The average Bonchev–Trinajstić information content (AvgIpc) is 2.81. The molecule has 0 unspecified atom stereocenters. The summed E-state index contributed by atoms with van der Waals surface area (Å²) in [6.45, 7) is 9.57. The molecule has 32 heavy (non-hydrogen) atoms. The number of hydrogen-bond donors (Lipinski definition) is 1. The summed E-state index contributed by atoms with van der Waals surface area (Å²) in [4.78, 5) is 5.00. The normalized spacial score (nSPS) is 15.0. The Balaban J connectivity index is 1.43. The van der Waals surface area contributed by atoms with Crippen molar-refractivity contribution in [1.29, 1.82) is 0 Å². The molecule has 0 atom stereocenters. The Morgan fingerprint density at radius 3 is 2.47 bits per heavy atom. The molecule has 0 amide bonds. The second-order valence-electron chi connectivity index (χ2n) is 8.03. The molecule has 2 aromatic carbocycles. The van der Waals surface area contributed by atoms with Crippen LogP contribution in [-0.4, -0.2) is 66.3 Å². The van der Waals surface area contributed by atoms with Crippen molar-refractivity contribution >= 4 is 15.7 Å². The molecular weight excluding hydrogens is 426 g/mol. The molecule has 3 rings (SSSR count). The van der Waals surface area contributed by atoms with Crippen LogP contribution in [0.5, 0.6) is 11.5 Å². The second-order valence-corrected chi connectivity index (χ2v) is 9.79. The molecule has 2 aromatic rings. The van der Waals surface area contributed by atoms with Crippen molar-refractivity contribution < 1.29 is 17.9 Å². The first kappa shape index (κ1) is 24.4. The molecule has 0 spiro atoms. The second kappa shape index (κ2) is 11.5. The number of hydrogen-bond acceptors (Lipinski definition) is 6. The summed E-state index contributed by atoms with van der Waals surface area (Å²) < 4.78 is 39.1. The van der Waals surface area contributed by atoms with Crippen LogP contribution in [0.15, 0.2) is 47.4 Å². The summed E-state index contributed by atoms with van der Waals surface area (Å²) in [6.07, 6.45) is 1.68. The first-order chi connectivity index (χ1) is 15.4. The Bertz CT molecular complexity index is 973. The molecule has 0 aromatic heterocycles. The highest BCUT2D eigenvalue weighted by molar-refractivity contribution is 7.89. The summed E-state index contributed by atoms with van der Waals surface area (Å²) in [6, 6.07) is 13.1. The van der Waals surface area contributed by atoms with E-state index in [1.54, 1.807) is 25.3 Å². The van der Waals surface area contributed by atoms with E-state index in [1.807, 2.05) is 32.0 Å². The largest absolute Gasteiger partial charge is 0.495 e. The fourth-order valence-electron chi connectivity index (χ4n) is 3.86. The predicted octanol–water partition coefficient (Wildman–Crippen LogP) is 3.28. The number of benzene rings is 2. The number of anilines is 1. The average molecular weight is 462 g/mol. The fraction of sp³-hybridized carbons (Fsp3) is 0.500. The monoisotopic (exact) mass is 461 g/mol. The maximum atomic E-state index is 12.6. The van der Waals surface area contributed by atoms with Crippen LogP contribution in [0.3, 0.4) is 0 Å². The van der Waals surface area contributed by atoms with E-state index in [1.165, 1.54) is 0 Å². The summed E-state index contributed by atoms with van der Waals surface area (Å²) in [5.74, 6) is 1.63. The molecule has 1 aliphatic heterocycles. The molecule has 0 bridgehead atoms. The Labute approximate surface area is 192 Å². The highest BCUT2D eigenvalue weighted by Gasteiger charge is 2.20. The number of para-hydroxylation sites is 2. The third-order valence-corrected chi connectivity index (χ3v) is 7.12. The maximum Gasteiger partial charge on any atom is 0.240 e. The van der Waals surface area contributed by atoms with Crippen LogP contribution in [0.25, 0.3) is 0 Å². The van der Waals surface area contributed by atoms with Gasteiger partial charge in [0.1, 0.15) is 11.5 Å². The zero-order valence-corrected chi connectivity index (χ0v) is 20.2. The smallest absolute Gasteiger partial charge is 0.240 e. The van der Waals surface area contributed by atoms with Gasteiger partial charge < -0.3 is 14.4 Å². The number of methoxy groups -OCH3 is 1. The topological polar surface area (TPSA) is 71.1 Å². The summed E-state index contributed by atoms with van der Waals surface area (Å²) >= 11 is 0. The van der Waals surface area contributed by atoms with Crippen LogP contribution in [0.4, 0.5) is 5.69 Å². The number of sulfonamides is 1. The van der Waals surface area contributed by atoms with Gasteiger partial charge in [0.15, 0.2) is 0 Å². The zero-order chi connectivity index (χ0) is 23.0. The van der Waals surface area contributed by atoms with Crippen molar-refractivity contribution in [3.8, 4) is 11.5 Å². The number of nitrogens with one attached hydrogen (secondary N) is 1. The van der Waals surface area contributed by atoms with Crippen LogP contribution in [0, 0.1) is 6.92 Å². The first-order valence-corrected chi connectivity index (χ1v) is 12.8.